The number of carbonyl (C=O) groups is 1. The monoisotopic (exact) mass is 305 g/mol. The molecule has 0 aliphatic rings. The largest absolute Gasteiger partial charge is 0.388 e. The van der Waals surface area contributed by atoms with E-state index in [4.69, 9.17) is 5.11 Å². The molecule has 0 radical (unpaired) electrons. The summed E-state index contributed by atoms with van der Waals surface area (Å²) in [4.78, 5) is 12.4. The zero-order chi connectivity index (χ0) is 15.6. The fraction of sp³-hybridized carbons (Fsp3) is 0.400. The normalized spacial score (nSPS) is 10.9. The molecule has 0 saturated heterocycles. The zero-order valence-corrected chi connectivity index (χ0v) is 13.5. The minimum atomic E-state index is -0.158. The molecule has 0 amide bonds. The maximum atomic E-state index is 12.4. The van der Waals surface area contributed by atoms with Crippen LogP contribution >= 0.6 is 11.8 Å². The number of aliphatic hydroxyl groups excluding tert-OH is 1. The van der Waals surface area contributed by atoms with E-state index in [1.54, 1.807) is 11.6 Å². The Morgan fingerprint density at radius 1 is 1.19 bits per heavy atom. The topological polar surface area (TPSA) is 68.0 Å². The number of aromatic nitrogens is 3. The SMILES string of the molecule is Cc1cc(C)c(C(=O)CSc2nnc(CO)n2C)cc1C. The van der Waals surface area contributed by atoms with Crippen molar-refractivity contribution < 1.29 is 9.90 Å². The van der Waals surface area contributed by atoms with Gasteiger partial charge in [-0.05, 0) is 43.5 Å². The third-order valence-corrected chi connectivity index (χ3v) is 4.56. The third kappa shape index (κ3) is 3.33. The summed E-state index contributed by atoms with van der Waals surface area (Å²) in [6, 6.07) is 3.99. The van der Waals surface area contributed by atoms with Crippen molar-refractivity contribution in [3.05, 3.63) is 40.2 Å². The van der Waals surface area contributed by atoms with E-state index in [1.165, 1.54) is 17.3 Å². The number of rotatable bonds is 5. The minimum absolute atomic E-state index is 0.0779. The Bertz CT molecular complexity index is 680. The van der Waals surface area contributed by atoms with Gasteiger partial charge in [-0.3, -0.25) is 4.79 Å². The van der Waals surface area contributed by atoms with Crippen LogP contribution in [-0.2, 0) is 13.7 Å². The number of carbonyl (C=O) groups excluding carboxylic acids is 1. The highest BCUT2D eigenvalue weighted by atomic mass is 32.2. The van der Waals surface area contributed by atoms with Crippen LogP contribution in [0.3, 0.4) is 0 Å². The number of hydrogen-bond donors (Lipinski definition) is 1. The van der Waals surface area contributed by atoms with Crippen LogP contribution in [0.25, 0.3) is 0 Å². The fourth-order valence-electron chi connectivity index (χ4n) is 2.08. The van der Waals surface area contributed by atoms with E-state index in [-0.39, 0.29) is 12.4 Å². The van der Waals surface area contributed by atoms with Gasteiger partial charge in [-0.2, -0.15) is 0 Å². The first-order chi connectivity index (χ1) is 9.93. The highest BCUT2D eigenvalue weighted by Gasteiger charge is 2.14. The summed E-state index contributed by atoms with van der Waals surface area (Å²) < 4.78 is 1.70. The van der Waals surface area contributed by atoms with Crippen molar-refractivity contribution in [2.45, 2.75) is 32.5 Å². The van der Waals surface area contributed by atoms with Crippen molar-refractivity contribution in [3.63, 3.8) is 0 Å². The smallest absolute Gasteiger partial charge is 0.191 e. The zero-order valence-electron chi connectivity index (χ0n) is 12.7. The molecule has 1 aromatic heterocycles. The second-order valence-corrected chi connectivity index (χ2v) is 6.02. The van der Waals surface area contributed by atoms with Crippen LogP contribution < -0.4 is 0 Å². The van der Waals surface area contributed by atoms with Gasteiger partial charge in [0.15, 0.2) is 16.8 Å². The Morgan fingerprint density at radius 2 is 1.86 bits per heavy atom. The number of benzene rings is 1. The number of ketones is 1. The molecule has 21 heavy (non-hydrogen) atoms. The van der Waals surface area contributed by atoms with Crippen LogP contribution in [-0.4, -0.2) is 31.4 Å². The molecule has 112 valence electrons. The Morgan fingerprint density at radius 3 is 2.48 bits per heavy atom. The molecule has 0 unspecified atom stereocenters. The molecule has 0 saturated carbocycles. The van der Waals surface area contributed by atoms with Gasteiger partial charge in [0.25, 0.3) is 0 Å². The van der Waals surface area contributed by atoms with Gasteiger partial charge in [0.1, 0.15) is 6.61 Å². The number of nitrogens with zero attached hydrogens (tertiary/aromatic N) is 3. The molecule has 1 aromatic carbocycles. The molecule has 2 rings (SSSR count). The summed E-state index contributed by atoms with van der Waals surface area (Å²) in [5, 5.41) is 17.5. The number of thioether (sulfide) groups is 1. The molecular weight excluding hydrogens is 286 g/mol. The van der Waals surface area contributed by atoms with E-state index in [0.29, 0.717) is 16.7 Å². The Balaban J connectivity index is 2.12. The summed E-state index contributed by atoms with van der Waals surface area (Å²) in [6.07, 6.45) is 0. The van der Waals surface area contributed by atoms with E-state index >= 15 is 0 Å². The summed E-state index contributed by atoms with van der Waals surface area (Å²) in [5.74, 6) is 0.877. The van der Waals surface area contributed by atoms with E-state index in [2.05, 4.69) is 10.2 Å². The van der Waals surface area contributed by atoms with Crippen LogP contribution in [0.4, 0.5) is 0 Å². The highest BCUT2D eigenvalue weighted by Crippen LogP contribution is 2.21. The van der Waals surface area contributed by atoms with Gasteiger partial charge in [-0.1, -0.05) is 17.8 Å². The Kier molecular flexibility index (Phi) is 4.80. The van der Waals surface area contributed by atoms with Gasteiger partial charge in [0, 0.05) is 12.6 Å². The van der Waals surface area contributed by atoms with Gasteiger partial charge in [-0.25, -0.2) is 0 Å². The second kappa shape index (κ2) is 6.41. The highest BCUT2D eigenvalue weighted by molar-refractivity contribution is 7.99. The van der Waals surface area contributed by atoms with Crippen LogP contribution in [0, 0.1) is 20.8 Å². The first-order valence-electron chi connectivity index (χ1n) is 6.67. The standard InChI is InChI=1S/C15H19N3O2S/c1-9-5-11(3)12(6-10(9)2)13(20)8-21-15-17-16-14(7-19)18(15)4/h5-6,19H,7-8H2,1-4H3. The Hall–Kier alpha value is -1.66. The molecular formula is C15H19N3O2S. The average Bonchev–Trinajstić information content (AvgIpc) is 2.80. The van der Waals surface area contributed by atoms with Crippen molar-refractivity contribution in [2.75, 3.05) is 5.75 Å². The maximum absolute atomic E-state index is 12.4. The van der Waals surface area contributed by atoms with E-state index in [0.717, 1.165) is 16.7 Å². The van der Waals surface area contributed by atoms with Crippen LogP contribution in [0.1, 0.15) is 32.9 Å². The van der Waals surface area contributed by atoms with Crippen LogP contribution in [0.2, 0.25) is 0 Å². The molecule has 5 nitrogen and oxygen atoms in total. The minimum Gasteiger partial charge on any atom is -0.388 e. The molecule has 1 N–H and O–H groups in total. The second-order valence-electron chi connectivity index (χ2n) is 5.08. The number of aryl methyl sites for hydroxylation is 3. The third-order valence-electron chi connectivity index (χ3n) is 3.54. The molecule has 6 heteroatoms. The summed E-state index contributed by atoms with van der Waals surface area (Å²) in [6.45, 7) is 5.85. The van der Waals surface area contributed by atoms with Gasteiger partial charge in [-0.15, -0.1) is 10.2 Å². The molecule has 2 aromatic rings. The lowest BCUT2D eigenvalue weighted by Crippen LogP contribution is -2.07. The molecule has 0 aliphatic heterocycles. The van der Waals surface area contributed by atoms with Gasteiger partial charge < -0.3 is 9.67 Å². The van der Waals surface area contributed by atoms with Crippen molar-refractivity contribution in [2.24, 2.45) is 7.05 Å². The average molecular weight is 305 g/mol. The molecule has 0 atom stereocenters. The quantitative estimate of drug-likeness (QED) is 0.677. The van der Waals surface area contributed by atoms with Crippen LogP contribution in [0.5, 0.6) is 0 Å². The fourth-order valence-corrected chi connectivity index (χ4v) is 2.89. The number of aliphatic hydroxyl groups is 1. The number of Topliss-reactive ketones (excluding diaryl/α,β-unsaturated/α-hetero) is 1. The molecule has 0 aliphatic carbocycles. The maximum Gasteiger partial charge on any atom is 0.191 e. The molecule has 0 bridgehead atoms. The Labute approximate surface area is 128 Å². The van der Waals surface area contributed by atoms with Gasteiger partial charge >= 0.3 is 0 Å². The van der Waals surface area contributed by atoms with Crippen molar-refractivity contribution in [3.8, 4) is 0 Å². The van der Waals surface area contributed by atoms with Gasteiger partial charge in [0.2, 0.25) is 0 Å². The lowest BCUT2D eigenvalue weighted by atomic mass is 9.99. The lowest BCUT2D eigenvalue weighted by molar-refractivity contribution is 0.102. The van der Waals surface area contributed by atoms with Crippen molar-refractivity contribution in [1.82, 2.24) is 14.8 Å². The molecule has 0 fully saturated rings. The predicted octanol–water partition coefficient (Wildman–Crippen LogP) is 2.21. The van der Waals surface area contributed by atoms with E-state index in [1.807, 2.05) is 32.9 Å². The first-order valence-corrected chi connectivity index (χ1v) is 7.65. The summed E-state index contributed by atoms with van der Waals surface area (Å²) in [5.41, 5.74) is 4.07. The first kappa shape index (κ1) is 15.7. The van der Waals surface area contributed by atoms with Crippen LogP contribution in [0.15, 0.2) is 17.3 Å². The van der Waals surface area contributed by atoms with Gasteiger partial charge in [0.05, 0.1) is 5.75 Å². The van der Waals surface area contributed by atoms with Crippen molar-refractivity contribution in [1.29, 1.82) is 0 Å². The van der Waals surface area contributed by atoms with Crippen molar-refractivity contribution >= 4 is 17.5 Å². The van der Waals surface area contributed by atoms with E-state index in [9.17, 15) is 4.79 Å². The number of hydrogen-bond acceptors (Lipinski definition) is 5. The molecule has 0 spiro atoms. The predicted molar refractivity (Wildman–Crippen MR) is 82.6 cm³/mol. The summed E-state index contributed by atoms with van der Waals surface area (Å²) >= 11 is 1.33. The summed E-state index contributed by atoms with van der Waals surface area (Å²) in [7, 11) is 1.78. The van der Waals surface area contributed by atoms with E-state index < -0.39 is 0 Å². The lowest BCUT2D eigenvalue weighted by Gasteiger charge is -2.08. The molecule has 1 heterocycles.